The maximum Gasteiger partial charge on any atom is 0.150 e. The molecule has 3 heteroatoms. The molecule has 0 atom stereocenters. The summed E-state index contributed by atoms with van der Waals surface area (Å²) in [6.45, 7) is 5.82. The van der Waals surface area contributed by atoms with Crippen molar-refractivity contribution in [2.24, 2.45) is 0 Å². The minimum Gasteiger partial charge on any atom is -0.505 e. The van der Waals surface area contributed by atoms with Gasteiger partial charge in [0.15, 0.2) is 5.75 Å². The highest BCUT2D eigenvalue weighted by Crippen LogP contribution is 2.25. The fourth-order valence-electron chi connectivity index (χ4n) is 0.888. The van der Waals surface area contributed by atoms with Gasteiger partial charge in [-0.2, -0.15) is 0 Å². The van der Waals surface area contributed by atoms with Crippen LogP contribution in [0.5, 0.6) is 5.75 Å². The Morgan fingerprint density at radius 3 is 2.27 bits per heavy atom. The first-order valence-electron chi connectivity index (χ1n) is 3.36. The summed E-state index contributed by atoms with van der Waals surface area (Å²) in [5, 5.41) is 9.44. The molecule has 0 saturated heterocycles. The van der Waals surface area contributed by atoms with E-state index in [2.05, 4.69) is 4.98 Å². The number of halogens is 1. The maximum absolute atomic E-state index is 9.44. The number of hydrogen-bond donors (Lipinski definition) is 1. The zero-order chi connectivity index (χ0) is 8.59. The van der Waals surface area contributed by atoms with Gasteiger partial charge >= 0.3 is 0 Å². The first-order valence-corrected chi connectivity index (χ1v) is 4.44. The molecular formula is C8H10INO. The number of aromatic nitrogens is 1. The minimum absolute atomic E-state index is 0.314. The molecule has 11 heavy (non-hydrogen) atoms. The third kappa shape index (κ3) is 1.47. The molecule has 0 unspecified atom stereocenters. The van der Waals surface area contributed by atoms with Crippen molar-refractivity contribution in [3.8, 4) is 5.75 Å². The monoisotopic (exact) mass is 263 g/mol. The van der Waals surface area contributed by atoms with Crippen molar-refractivity contribution in [2.45, 2.75) is 20.8 Å². The molecule has 0 aliphatic carbocycles. The molecule has 0 aliphatic rings. The molecule has 1 rings (SSSR count). The van der Waals surface area contributed by atoms with E-state index in [1.165, 1.54) is 0 Å². The van der Waals surface area contributed by atoms with E-state index in [0.717, 1.165) is 16.8 Å². The van der Waals surface area contributed by atoms with Gasteiger partial charge in [0.1, 0.15) is 3.70 Å². The van der Waals surface area contributed by atoms with Gasteiger partial charge in [-0.3, -0.25) is 0 Å². The van der Waals surface area contributed by atoms with E-state index >= 15 is 0 Å². The van der Waals surface area contributed by atoms with Crippen molar-refractivity contribution < 1.29 is 5.11 Å². The van der Waals surface area contributed by atoms with E-state index in [9.17, 15) is 5.11 Å². The summed E-state index contributed by atoms with van der Waals surface area (Å²) in [5.74, 6) is 0.314. The third-order valence-electron chi connectivity index (χ3n) is 1.92. The van der Waals surface area contributed by atoms with Gasteiger partial charge < -0.3 is 5.11 Å². The molecule has 60 valence electrons. The van der Waals surface area contributed by atoms with E-state index < -0.39 is 0 Å². The molecule has 1 N–H and O–H groups in total. The van der Waals surface area contributed by atoms with Crippen LogP contribution in [0.3, 0.4) is 0 Å². The predicted molar refractivity (Wildman–Crippen MR) is 52.8 cm³/mol. The largest absolute Gasteiger partial charge is 0.505 e. The van der Waals surface area contributed by atoms with Crippen LogP contribution in [-0.4, -0.2) is 10.1 Å². The zero-order valence-electron chi connectivity index (χ0n) is 6.77. The number of nitrogens with zero attached hydrogens (tertiary/aromatic N) is 1. The van der Waals surface area contributed by atoms with Crippen LogP contribution < -0.4 is 0 Å². The summed E-state index contributed by atoms with van der Waals surface area (Å²) < 4.78 is 0.684. The molecule has 0 spiro atoms. The van der Waals surface area contributed by atoms with Gasteiger partial charge in [-0.1, -0.05) is 0 Å². The molecule has 0 aromatic carbocycles. The number of rotatable bonds is 0. The highest BCUT2D eigenvalue weighted by Gasteiger charge is 2.07. The molecule has 1 heterocycles. The summed E-state index contributed by atoms with van der Waals surface area (Å²) in [7, 11) is 0. The SMILES string of the molecule is Cc1nc(I)c(O)c(C)c1C. The minimum atomic E-state index is 0.314. The van der Waals surface area contributed by atoms with Crippen LogP contribution in [0.4, 0.5) is 0 Å². The van der Waals surface area contributed by atoms with Gasteiger partial charge in [0.2, 0.25) is 0 Å². The Morgan fingerprint density at radius 2 is 1.73 bits per heavy atom. The lowest BCUT2D eigenvalue weighted by Crippen LogP contribution is -1.94. The Morgan fingerprint density at radius 1 is 1.18 bits per heavy atom. The third-order valence-corrected chi connectivity index (χ3v) is 2.67. The van der Waals surface area contributed by atoms with Crippen LogP contribution >= 0.6 is 22.6 Å². The highest BCUT2D eigenvalue weighted by molar-refractivity contribution is 14.1. The normalized spacial score (nSPS) is 10.2. The van der Waals surface area contributed by atoms with E-state index in [-0.39, 0.29) is 0 Å². The van der Waals surface area contributed by atoms with Crippen LogP contribution in [0.2, 0.25) is 0 Å². The van der Waals surface area contributed by atoms with Gasteiger partial charge in [0.05, 0.1) is 0 Å². The zero-order valence-corrected chi connectivity index (χ0v) is 8.93. The molecule has 0 saturated carbocycles. The Hall–Kier alpha value is -0.320. The van der Waals surface area contributed by atoms with Crippen molar-refractivity contribution in [3.05, 3.63) is 20.5 Å². The summed E-state index contributed by atoms with van der Waals surface area (Å²) >= 11 is 2.03. The van der Waals surface area contributed by atoms with Crippen LogP contribution in [0.1, 0.15) is 16.8 Å². The Bertz CT molecular complexity index is 270. The second-order valence-electron chi connectivity index (χ2n) is 2.59. The fraction of sp³-hybridized carbons (Fsp3) is 0.375. The Labute approximate surface area is 79.8 Å². The van der Waals surface area contributed by atoms with Crippen LogP contribution in [0.15, 0.2) is 0 Å². The molecule has 1 aromatic rings. The predicted octanol–water partition coefficient (Wildman–Crippen LogP) is 2.32. The molecule has 2 nitrogen and oxygen atoms in total. The van der Waals surface area contributed by atoms with Gasteiger partial charge in [-0.05, 0) is 54.5 Å². The maximum atomic E-state index is 9.44. The van der Waals surface area contributed by atoms with E-state index in [1.54, 1.807) is 0 Å². The molecular weight excluding hydrogens is 253 g/mol. The average molecular weight is 263 g/mol. The fourth-order valence-corrected chi connectivity index (χ4v) is 1.65. The van der Waals surface area contributed by atoms with Crippen molar-refractivity contribution in [2.75, 3.05) is 0 Å². The second kappa shape index (κ2) is 2.97. The van der Waals surface area contributed by atoms with Crippen molar-refractivity contribution >= 4 is 22.6 Å². The van der Waals surface area contributed by atoms with Crippen LogP contribution in [0, 0.1) is 24.5 Å². The van der Waals surface area contributed by atoms with Crippen LogP contribution in [-0.2, 0) is 0 Å². The van der Waals surface area contributed by atoms with Crippen molar-refractivity contribution in [3.63, 3.8) is 0 Å². The molecule has 0 aliphatic heterocycles. The smallest absolute Gasteiger partial charge is 0.150 e. The lowest BCUT2D eigenvalue weighted by Gasteiger charge is -2.06. The molecule has 0 amide bonds. The molecule has 0 radical (unpaired) electrons. The van der Waals surface area contributed by atoms with Gasteiger partial charge in [0.25, 0.3) is 0 Å². The summed E-state index contributed by atoms with van der Waals surface area (Å²) in [4.78, 5) is 4.17. The summed E-state index contributed by atoms with van der Waals surface area (Å²) in [6.07, 6.45) is 0. The summed E-state index contributed by atoms with van der Waals surface area (Å²) in [5.41, 5.74) is 2.99. The number of pyridine rings is 1. The van der Waals surface area contributed by atoms with Crippen molar-refractivity contribution in [1.29, 1.82) is 0 Å². The van der Waals surface area contributed by atoms with E-state index in [1.807, 2.05) is 43.4 Å². The molecule has 0 fully saturated rings. The quantitative estimate of drug-likeness (QED) is 0.575. The first kappa shape index (κ1) is 8.77. The molecule has 1 aromatic heterocycles. The lowest BCUT2D eigenvalue weighted by atomic mass is 10.1. The summed E-state index contributed by atoms with van der Waals surface area (Å²) in [6, 6.07) is 0. The topological polar surface area (TPSA) is 33.1 Å². The second-order valence-corrected chi connectivity index (χ2v) is 3.61. The van der Waals surface area contributed by atoms with Crippen molar-refractivity contribution in [1.82, 2.24) is 4.98 Å². The van der Waals surface area contributed by atoms with E-state index in [4.69, 9.17) is 0 Å². The first-order chi connectivity index (χ1) is 5.04. The van der Waals surface area contributed by atoms with Gasteiger partial charge in [-0.15, -0.1) is 0 Å². The number of aromatic hydroxyl groups is 1. The van der Waals surface area contributed by atoms with E-state index in [0.29, 0.717) is 9.45 Å². The van der Waals surface area contributed by atoms with Gasteiger partial charge in [-0.25, -0.2) is 4.98 Å². The highest BCUT2D eigenvalue weighted by atomic mass is 127. The Balaban J connectivity index is 3.46. The Kier molecular flexibility index (Phi) is 2.37. The number of aryl methyl sites for hydroxylation is 1. The van der Waals surface area contributed by atoms with Gasteiger partial charge in [0, 0.05) is 5.69 Å². The average Bonchev–Trinajstić information content (AvgIpc) is 1.97. The van der Waals surface area contributed by atoms with Crippen LogP contribution in [0.25, 0.3) is 0 Å². The number of hydrogen-bond acceptors (Lipinski definition) is 2. The lowest BCUT2D eigenvalue weighted by molar-refractivity contribution is 0.462. The standard InChI is InChI=1S/C8H10INO/c1-4-5(2)7(11)8(9)10-6(4)3/h11H,1-3H3. The molecule has 0 bridgehead atoms.